The molecule has 1 aliphatic rings. The highest BCUT2D eigenvalue weighted by Gasteiger charge is 2.35. The number of aromatic amines is 1. The molecule has 5 aromatic rings. The SMILES string of the molecule is CNC(=O)c1c(-c2ccc(F)cc2)oc2cc(N(C)S(C)(=O)=O)c(C3CCCN(S(=O)(=O)c4cc5cccc(F)c5[nH]4)C3)cc12. The minimum Gasteiger partial charge on any atom is -0.455 e. The van der Waals surface area contributed by atoms with Crippen LogP contribution in [-0.4, -0.2) is 65.5 Å². The van der Waals surface area contributed by atoms with E-state index in [0.29, 0.717) is 34.7 Å². The quantitative estimate of drug-likeness (QED) is 0.248. The maximum Gasteiger partial charge on any atom is 0.258 e. The number of aromatic nitrogens is 1. The molecule has 1 atom stereocenters. The van der Waals surface area contributed by atoms with Crippen LogP contribution in [0, 0.1) is 11.6 Å². The summed E-state index contributed by atoms with van der Waals surface area (Å²) >= 11 is 0. The second-order valence-corrected chi connectivity index (χ2v) is 15.0. The second-order valence-electron chi connectivity index (χ2n) is 11.1. The first-order valence-electron chi connectivity index (χ1n) is 14.1. The van der Waals surface area contributed by atoms with Gasteiger partial charge in [0.2, 0.25) is 10.0 Å². The largest absolute Gasteiger partial charge is 0.455 e. The molecule has 0 saturated carbocycles. The minimum atomic E-state index is -4.08. The molecule has 236 valence electrons. The molecule has 1 unspecified atom stereocenters. The average molecular weight is 657 g/mol. The van der Waals surface area contributed by atoms with Crippen molar-refractivity contribution in [1.29, 1.82) is 0 Å². The molecule has 0 aliphatic carbocycles. The van der Waals surface area contributed by atoms with Gasteiger partial charge in [-0.1, -0.05) is 12.1 Å². The maximum atomic E-state index is 14.4. The summed E-state index contributed by atoms with van der Waals surface area (Å²) in [5.74, 6) is -1.81. The molecule has 14 heteroatoms. The standard InChI is InChI=1S/C31H30F2N4O6S2/c1-34-31(38)28-23-15-22(25(36(2)44(3,39)40)16-26(23)43-30(28)18-9-11-21(32)12-10-18)20-7-5-13-37(17-20)45(41,42)27-14-19-6-4-8-24(33)29(19)35-27/h4,6,8-12,14-16,20,35H,5,7,13,17H2,1-3H3,(H,34,38). The van der Waals surface area contributed by atoms with Crippen LogP contribution in [0.3, 0.4) is 0 Å². The average Bonchev–Trinajstić information content (AvgIpc) is 3.63. The Balaban J connectivity index is 1.49. The lowest BCUT2D eigenvalue weighted by Gasteiger charge is -2.33. The number of nitrogens with zero attached hydrogens (tertiary/aromatic N) is 2. The monoisotopic (exact) mass is 656 g/mol. The van der Waals surface area contributed by atoms with Crippen molar-refractivity contribution in [2.45, 2.75) is 23.8 Å². The number of amides is 1. The molecule has 1 fully saturated rings. The lowest BCUT2D eigenvalue weighted by Crippen LogP contribution is -2.39. The van der Waals surface area contributed by atoms with E-state index in [1.807, 2.05) is 0 Å². The van der Waals surface area contributed by atoms with Crippen LogP contribution in [0.5, 0.6) is 0 Å². The van der Waals surface area contributed by atoms with Gasteiger partial charge in [0.1, 0.15) is 28.0 Å². The van der Waals surface area contributed by atoms with Gasteiger partial charge in [0, 0.05) is 49.6 Å². The smallest absolute Gasteiger partial charge is 0.258 e. The number of hydrogen-bond donors (Lipinski definition) is 2. The van der Waals surface area contributed by atoms with Gasteiger partial charge < -0.3 is 14.7 Å². The van der Waals surface area contributed by atoms with Crippen LogP contribution >= 0.6 is 0 Å². The van der Waals surface area contributed by atoms with Crippen LogP contribution in [0.2, 0.25) is 0 Å². The molecular formula is C31H30F2N4O6S2. The molecule has 3 aromatic carbocycles. The normalized spacial score (nSPS) is 16.3. The first-order chi connectivity index (χ1) is 21.3. The van der Waals surface area contributed by atoms with Crippen LogP contribution in [0.1, 0.15) is 34.7 Å². The van der Waals surface area contributed by atoms with E-state index in [9.17, 15) is 30.4 Å². The van der Waals surface area contributed by atoms with Crippen molar-refractivity contribution in [3.05, 3.63) is 83.4 Å². The summed E-state index contributed by atoms with van der Waals surface area (Å²) in [7, 11) is -5.00. The van der Waals surface area contributed by atoms with E-state index in [-0.39, 0.29) is 46.2 Å². The number of benzene rings is 3. The van der Waals surface area contributed by atoms with Crippen molar-refractivity contribution in [1.82, 2.24) is 14.6 Å². The van der Waals surface area contributed by atoms with E-state index in [0.717, 1.165) is 10.6 Å². The molecule has 3 heterocycles. The molecule has 6 rings (SSSR count). The molecule has 10 nitrogen and oxygen atoms in total. The number of H-pyrrole nitrogens is 1. The van der Waals surface area contributed by atoms with Gasteiger partial charge in [-0.2, -0.15) is 4.31 Å². The van der Waals surface area contributed by atoms with Crippen LogP contribution in [0.15, 0.2) is 70.1 Å². The number of carbonyl (C=O) groups is 1. The van der Waals surface area contributed by atoms with Gasteiger partial charge in [0.15, 0.2) is 0 Å². The molecular weight excluding hydrogens is 626 g/mol. The van der Waals surface area contributed by atoms with Gasteiger partial charge in [0.25, 0.3) is 15.9 Å². The third-order valence-corrected chi connectivity index (χ3v) is 11.2. The van der Waals surface area contributed by atoms with Gasteiger partial charge >= 0.3 is 0 Å². The van der Waals surface area contributed by atoms with Crippen LogP contribution in [-0.2, 0) is 20.0 Å². The minimum absolute atomic E-state index is 0.00820. The van der Waals surface area contributed by atoms with Crippen LogP contribution in [0.4, 0.5) is 14.5 Å². The predicted octanol–water partition coefficient (Wildman–Crippen LogP) is 5.18. The van der Waals surface area contributed by atoms with E-state index in [2.05, 4.69) is 10.3 Å². The van der Waals surface area contributed by atoms with Crippen LogP contribution < -0.4 is 9.62 Å². The Morgan fingerprint density at radius 2 is 1.80 bits per heavy atom. The lowest BCUT2D eigenvalue weighted by molar-refractivity contribution is 0.0964. The van der Waals surface area contributed by atoms with Crippen molar-refractivity contribution in [3.8, 4) is 11.3 Å². The Morgan fingerprint density at radius 3 is 2.47 bits per heavy atom. The summed E-state index contributed by atoms with van der Waals surface area (Å²) in [6.45, 7) is 0.217. The molecule has 0 spiro atoms. The second kappa shape index (κ2) is 11.3. The molecule has 1 amide bonds. The molecule has 1 aliphatic heterocycles. The Labute approximate surface area is 258 Å². The Morgan fingerprint density at radius 1 is 1.07 bits per heavy atom. The van der Waals surface area contributed by atoms with Crippen molar-refractivity contribution >= 4 is 53.5 Å². The fraction of sp³-hybridized carbons (Fsp3) is 0.258. The lowest BCUT2D eigenvalue weighted by atomic mass is 9.89. The topological polar surface area (TPSA) is 133 Å². The molecule has 45 heavy (non-hydrogen) atoms. The number of para-hydroxylation sites is 1. The predicted molar refractivity (Wildman–Crippen MR) is 167 cm³/mol. The number of halogens is 2. The summed E-state index contributed by atoms with van der Waals surface area (Å²) in [5, 5.41) is 3.27. The highest BCUT2D eigenvalue weighted by molar-refractivity contribution is 7.92. The van der Waals surface area contributed by atoms with Crippen molar-refractivity contribution in [2.24, 2.45) is 0 Å². The summed E-state index contributed by atoms with van der Waals surface area (Å²) in [5.41, 5.74) is 1.71. The zero-order valence-electron chi connectivity index (χ0n) is 24.6. The number of hydrogen-bond acceptors (Lipinski definition) is 6. The molecule has 0 bridgehead atoms. The Bertz CT molecular complexity index is 2180. The number of nitrogens with one attached hydrogen (secondary N) is 2. The molecule has 1 saturated heterocycles. The Hall–Kier alpha value is -4.27. The number of anilines is 1. The van der Waals surface area contributed by atoms with Crippen molar-refractivity contribution < 1.29 is 34.8 Å². The fourth-order valence-corrected chi connectivity index (χ4v) is 7.91. The number of rotatable bonds is 7. The van der Waals surface area contributed by atoms with Crippen molar-refractivity contribution in [3.63, 3.8) is 0 Å². The summed E-state index contributed by atoms with van der Waals surface area (Å²) in [6, 6.07) is 14.4. The van der Waals surface area contributed by atoms with Crippen molar-refractivity contribution in [2.75, 3.05) is 37.7 Å². The van der Waals surface area contributed by atoms with E-state index in [1.54, 1.807) is 12.1 Å². The number of piperidine rings is 1. The molecule has 2 N–H and O–H groups in total. The van der Waals surface area contributed by atoms with E-state index < -0.39 is 43.5 Å². The van der Waals surface area contributed by atoms with E-state index in [4.69, 9.17) is 4.42 Å². The van der Waals surface area contributed by atoms with Gasteiger partial charge in [-0.05, 0) is 66.8 Å². The van der Waals surface area contributed by atoms with E-state index >= 15 is 0 Å². The summed E-state index contributed by atoms with van der Waals surface area (Å²) < 4.78 is 89.6. The van der Waals surface area contributed by atoms with Gasteiger partial charge in [-0.25, -0.2) is 25.6 Å². The number of carbonyl (C=O) groups excluding carboxylic acids is 1. The highest BCUT2D eigenvalue weighted by Crippen LogP contribution is 2.42. The van der Waals surface area contributed by atoms with Gasteiger partial charge in [0.05, 0.1) is 23.0 Å². The molecule has 0 radical (unpaired) electrons. The zero-order valence-corrected chi connectivity index (χ0v) is 26.2. The third kappa shape index (κ3) is 5.47. The number of sulfonamides is 2. The maximum absolute atomic E-state index is 14.4. The van der Waals surface area contributed by atoms with Crippen LogP contribution in [0.25, 0.3) is 33.2 Å². The van der Waals surface area contributed by atoms with E-state index in [1.165, 1.54) is 66.9 Å². The summed E-state index contributed by atoms with van der Waals surface area (Å²) in [4.78, 5) is 15.9. The first kappa shape index (κ1) is 30.7. The zero-order chi connectivity index (χ0) is 32.3. The number of furan rings is 1. The fourth-order valence-electron chi connectivity index (χ4n) is 5.87. The highest BCUT2D eigenvalue weighted by atomic mass is 32.2. The third-order valence-electron chi connectivity index (χ3n) is 8.26. The van der Waals surface area contributed by atoms with Gasteiger partial charge in [-0.15, -0.1) is 0 Å². The first-order valence-corrected chi connectivity index (χ1v) is 17.4. The molecule has 2 aromatic heterocycles. The van der Waals surface area contributed by atoms with Gasteiger partial charge in [-0.3, -0.25) is 9.10 Å². The Kier molecular flexibility index (Phi) is 7.70. The summed E-state index contributed by atoms with van der Waals surface area (Å²) in [6.07, 6.45) is 2.05. The number of fused-ring (bicyclic) bond motifs is 2.